The summed E-state index contributed by atoms with van der Waals surface area (Å²) in [6.07, 6.45) is 2.49. The maximum atomic E-state index is 6.18. The van der Waals surface area contributed by atoms with Gasteiger partial charge in [-0.2, -0.15) is 0 Å². The molecule has 1 atom stereocenters. The predicted molar refractivity (Wildman–Crippen MR) is 71.2 cm³/mol. The summed E-state index contributed by atoms with van der Waals surface area (Å²) in [6, 6.07) is 5.52. The molecular formula is C13H18N4O2. The zero-order valence-corrected chi connectivity index (χ0v) is 11.3. The van der Waals surface area contributed by atoms with Crippen molar-refractivity contribution in [3.05, 3.63) is 35.7 Å². The molecule has 0 amide bonds. The summed E-state index contributed by atoms with van der Waals surface area (Å²) >= 11 is 0. The molecule has 1 aromatic heterocycles. The second-order valence-electron chi connectivity index (χ2n) is 4.31. The van der Waals surface area contributed by atoms with E-state index in [0.717, 1.165) is 11.3 Å². The highest BCUT2D eigenvalue weighted by atomic mass is 16.5. The van der Waals surface area contributed by atoms with Crippen LogP contribution in [0.5, 0.6) is 11.5 Å². The Balaban J connectivity index is 2.16. The molecule has 0 aliphatic heterocycles. The van der Waals surface area contributed by atoms with Crippen LogP contribution in [0.1, 0.15) is 17.3 Å². The first kappa shape index (κ1) is 13.4. The number of rotatable bonds is 5. The van der Waals surface area contributed by atoms with E-state index in [-0.39, 0.29) is 6.04 Å². The molecule has 1 unspecified atom stereocenters. The standard InChI is InChI=1S/C13H18N4O2/c1-17-8-10(15-16-17)7-11(14)9-4-5-12(18-2)13(6-9)19-3/h4-6,8,11H,7,14H2,1-3H3. The van der Waals surface area contributed by atoms with E-state index < -0.39 is 0 Å². The number of hydrogen-bond donors (Lipinski definition) is 1. The van der Waals surface area contributed by atoms with Gasteiger partial charge in [0.1, 0.15) is 0 Å². The molecular weight excluding hydrogens is 244 g/mol. The number of hydrogen-bond acceptors (Lipinski definition) is 5. The van der Waals surface area contributed by atoms with Crippen LogP contribution in [0, 0.1) is 0 Å². The van der Waals surface area contributed by atoms with Gasteiger partial charge >= 0.3 is 0 Å². The second-order valence-corrected chi connectivity index (χ2v) is 4.31. The van der Waals surface area contributed by atoms with Gasteiger partial charge in [-0.05, 0) is 17.7 Å². The van der Waals surface area contributed by atoms with Crippen molar-refractivity contribution in [3.8, 4) is 11.5 Å². The highest BCUT2D eigenvalue weighted by molar-refractivity contribution is 5.43. The van der Waals surface area contributed by atoms with E-state index in [1.54, 1.807) is 18.9 Å². The SMILES string of the molecule is COc1ccc(C(N)Cc2cn(C)nn2)cc1OC. The smallest absolute Gasteiger partial charge is 0.161 e. The van der Waals surface area contributed by atoms with Crippen molar-refractivity contribution >= 4 is 0 Å². The Morgan fingerprint density at radius 2 is 2.00 bits per heavy atom. The van der Waals surface area contributed by atoms with Crippen molar-refractivity contribution < 1.29 is 9.47 Å². The summed E-state index contributed by atoms with van der Waals surface area (Å²) in [5.41, 5.74) is 8.02. The summed E-state index contributed by atoms with van der Waals surface area (Å²) in [4.78, 5) is 0. The third kappa shape index (κ3) is 3.03. The van der Waals surface area contributed by atoms with Gasteiger partial charge in [0.15, 0.2) is 11.5 Å². The fraction of sp³-hybridized carbons (Fsp3) is 0.385. The first-order valence-electron chi connectivity index (χ1n) is 5.96. The van der Waals surface area contributed by atoms with Gasteiger partial charge in [0.05, 0.1) is 19.9 Å². The molecule has 0 aliphatic rings. The third-order valence-corrected chi connectivity index (χ3v) is 2.91. The second kappa shape index (κ2) is 5.71. The predicted octanol–water partition coefficient (Wildman–Crippen LogP) is 1.07. The van der Waals surface area contributed by atoms with Gasteiger partial charge in [0.2, 0.25) is 0 Å². The number of benzene rings is 1. The minimum Gasteiger partial charge on any atom is -0.493 e. The molecule has 0 saturated heterocycles. The average Bonchev–Trinajstić information content (AvgIpc) is 2.83. The van der Waals surface area contributed by atoms with Gasteiger partial charge in [0.25, 0.3) is 0 Å². The zero-order chi connectivity index (χ0) is 13.8. The summed E-state index contributed by atoms with van der Waals surface area (Å²) in [7, 11) is 5.05. The van der Waals surface area contributed by atoms with Crippen LogP contribution >= 0.6 is 0 Å². The molecule has 0 aliphatic carbocycles. The minimum absolute atomic E-state index is 0.156. The van der Waals surface area contributed by atoms with Crippen molar-refractivity contribution in [3.63, 3.8) is 0 Å². The van der Waals surface area contributed by atoms with Gasteiger partial charge in [-0.25, -0.2) is 0 Å². The lowest BCUT2D eigenvalue weighted by Crippen LogP contribution is -2.13. The highest BCUT2D eigenvalue weighted by Gasteiger charge is 2.12. The minimum atomic E-state index is -0.156. The molecule has 0 radical (unpaired) electrons. The number of ether oxygens (including phenoxy) is 2. The van der Waals surface area contributed by atoms with Gasteiger partial charge in [-0.3, -0.25) is 4.68 Å². The summed E-state index contributed by atoms with van der Waals surface area (Å²) in [5, 5.41) is 7.93. The third-order valence-electron chi connectivity index (χ3n) is 2.91. The van der Waals surface area contributed by atoms with E-state index >= 15 is 0 Å². The van der Waals surface area contributed by atoms with E-state index in [1.807, 2.05) is 31.4 Å². The molecule has 6 heteroatoms. The molecule has 2 rings (SSSR count). The lowest BCUT2D eigenvalue weighted by molar-refractivity contribution is 0.354. The molecule has 0 fully saturated rings. The monoisotopic (exact) mass is 262 g/mol. The van der Waals surface area contributed by atoms with Crippen LogP contribution in [0.4, 0.5) is 0 Å². The number of methoxy groups -OCH3 is 2. The molecule has 19 heavy (non-hydrogen) atoms. The number of nitrogens with zero attached hydrogens (tertiary/aromatic N) is 3. The molecule has 0 saturated carbocycles. The quantitative estimate of drug-likeness (QED) is 0.872. The van der Waals surface area contributed by atoms with Crippen LogP contribution in [0.15, 0.2) is 24.4 Å². The van der Waals surface area contributed by atoms with Crippen molar-refractivity contribution in [2.75, 3.05) is 14.2 Å². The van der Waals surface area contributed by atoms with Crippen molar-refractivity contribution in [1.29, 1.82) is 0 Å². The molecule has 2 aromatic rings. The Morgan fingerprint density at radius 1 is 1.26 bits per heavy atom. The van der Waals surface area contributed by atoms with E-state index in [1.165, 1.54) is 0 Å². The Hall–Kier alpha value is -2.08. The first-order chi connectivity index (χ1) is 9.13. The Labute approximate surface area is 112 Å². The normalized spacial score (nSPS) is 12.2. The Morgan fingerprint density at radius 3 is 2.58 bits per heavy atom. The van der Waals surface area contributed by atoms with E-state index in [2.05, 4.69) is 10.3 Å². The van der Waals surface area contributed by atoms with Gasteiger partial charge in [-0.1, -0.05) is 11.3 Å². The topological polar surface area (TPSA) is 75.2 Å². The Kier molecular flexibility index (Phi) is 4.01. The highest BCUT2D eigenvalue weighted by Crippen LogP contribution is 2.30. The average molecular weight is 262 g/mol. The van der Waals surface area contributed by atoms with Crippen LogP contribution in [0.2, 0.25) is 0 Å². The maximum Gasteiger partial charge on any atom is 0.161 e. The van der Waals surface area contributed by atoms with E-state index in [9.17, 15) is 0 Å². The van der Waals surface area contributed by atoms with Gasteiger partial charge < -0.3 is 15.2 Å². The Bertz CT molecular complexity index is 553. The van der Waals surface area contributed by atoms with E-state index in [0.29, 0.717) is 17.9 Å². The van der Waals surface area contributed by atoms with Crippen molar-refractivity contribution in [1.82, 2.24) is 15.0 Å². The number of nitrogens with two attached hydrogens (primary N) is 1. The summed E-state index contributed by atoms with van der Waals surface area (Å²) in [5.74, 6) is 1.37. The van der Waals surface area contributed by atoms with Gasteiger partial charge in [0, 0.05) is 25.7 Å². The van der Waals surface area contributed by atoms with Crippen LogP contribution < -0.4 is 15.2 Å². The first-order valence-corrected chi connectivity index (χ1v) is 5.96. The molecule has 0 bridgehead atoms. The summed E-state index contributed by atoms with van der Waals surface area (Å²) < 4.78 is 12.1. The van der Waals surface area contributed by atoms with Gasteiger partial charge in [-0.15, -0.1) is 5.10 Å². The lowest BCUT2D eigenvalue weighted by atomic mass is 10.0. The van der Waals surface area contributed by atoms with Crippen LogP contribution in [0.25, 0.3) is 0 Å². The zero-order valence-electron chi connectivity index (χ0n) is 11.3. The molecule has 1 heterocycles. The molecule has 6 nitrogen and oxygen atoms in total. The lowest BCUT2D eigenvalue weighted by Gasteiger charge is -2.13. The molecule has 2 N–H and O–H groups in total. The van der Waals surface area contributed by atoms with Crippen molar-refractivity contribution in [2.24, 2.45) is 12.8 Å². The van der Waals surface area contributed by atoms with Crippen LogP contribution in [-0.2, 0) is 13.5 Å². The molecule has 0 spiro atoms. The largest absolute Gasteiger partial charge is 0.493 e. The van der Waals surface area contributed by atoms with Crippen LogP contribution in [0.3, 0.4) is 0 Å². The molecule has 1 aromatic carbocycles. The number of aromatic nitrogens is 3. The summed E-state index contributed by atoms with van der Waals surface area (Å²) in [6.45, 7) is 0. The van der Waals surface area contributed by atoms with Crippen molar-refractivity contribution in [2.45, 2.75) is 12.5 Å². The van der Waals surface area contributed by atoms with E-state index in [4.69, 9.17) is 15.2 Å². The maximum absolute atomic E-state index is 6.18. The molecule has 102 valence electrons. The fourth-order valence-corrected chi connectivity index (χ4v) is 1.92. The fourth-order valence-electron chi connectivity index (χ4n) is 1.92. The van der Waals surface area contributed by atoms with Crippen LogP contribution in [-0.4, -0.2) is 29.2 Å². The number of aryl methyl sites for hydroxylation is 1.